The summed E-state index contributed by atoms with van der Waals surface area (Å²) >= 11 is 0. The molecule has 0 aliphatic carbocycles. The van der Waals surface area contributed by atoms with Crippen molar-refractivity contribution in [2.45, 2.75) is 18.8 Å². The molecule has 0 radical (unpaired) electrons. The zero-order chi connectivity index (χ0) is 15.4. The minimum absolute atomic E-state index is 0.0775. The number of aliphatic hydroxyl groups excluding tert-OH is 1. The average Bonchev–Trinajstić information content (AvgIpc) is 3.01. The first kappa shape index (κ1) is 15.1. The van der Waals surface area contributed by atoms with Crippen LogP contribution in [-0.4, -0.2) is 52.1 Å². The SMILES string of the molecule is O[C@@H](CN1CCO[C@@H](c2ccc(F)cc2)C1)Cn1cccn1. The van der Waals surface area contributed by atoms with Gasteiger partial charge >= 0.3 is 0 Å². The molecule has 0 spiro atoms. The summed E-state index contributed by atoms with van der Waals surface area (Å²) < 4.78 is 20.5. The lowest BCUT2D eigenvalue weighted by atomic mass is 10.1. The maximum atomic E-state index is 13.0. The second-order valence-corrected chi connectivity index (χ2v) is 5.55. The maximum absolute atomic E-state index is 13.0. The Hall–Kier alpha value is -1.76. The molecule has 22 heavy (non-hydrogen) atoms. The van der Waals surface area contributed by atoms with E-state index < -0.39 is 6.10 Å². The van der Waals surface area contributed by atoms with Crippen LogP contribution < -0.4 is 0 Å². The summed E-state index contributed by atoms with van der Waals surface area (Å²) in [5.41, 5.74) is 0.965. The number of morpholine rings is 1. The van der Waals surface area contributed by atoms with Gasteiger partial charge < -0.3 is 9.84 Å². The Labute approximate surface area is 128 Å². The lowest BCUT2D eigenvalue weighted by Crippen LogP contribution is -2.43. The van der Waals surface area contributed by atoms with E-state index in [1.165, 1.54) is 12.1 Å². The topological polar surface area (TPSA) is 50.5 Å². The van der Waals surface area contributed by atoms with Crippen LogP contribution >= 0.6 is 0 Å². The van der Waals surface area contributed by atoms with Gasteiger partial charge in [0.1, 0.15) is 5.82 Å². The number of ether oxygens (including phenoxy) is 1. The Morgan fingerprint density at radius 3 is 2.86 bits per heavy atom. The molecule has 0 unspecified atom stereocenters. The van der Waals surface area contributed by atoms with E-state index in [1.807, 2.05) is 12.3 Å². The summed E-state index contributed by atoms with van der Waals surface area (Å²) in [5.74, 6) is -0.244. The van der Waals surface area contributed by atoms with Gasteiger partial charge in [-0.15, -0.1) is 0 Å². The molecule has 3 rings (SSSR count). The maximum Gasteiger partial charge on any atom is 0.123 e. The van der Waals surface area contributed by atoms with Gasteiger partial charge in [-0.3, -0.25) is 9.58 Å². The monoisotopic (exact) mass is 305 g/mol. The highest BCUT2D eigenvalue weighted by atomic mass is 19.1. The second-order valence-electron chi connectivity index (χ2n) is 5.55. The summed E-state index contributed by atoms with van der Waals surface area (Å²) in [6.07, 6.45) is 2.98. The zero-order valence-electron chi connectivity index (χ0n) is 12.3. The van der Waals surface area contributed by atoms with E-state index in [2.05, 4.69) is 10.00 Å². The highest BCUT2D eigenvalue weighted by Crippen LogP contribution is 2.22. The zero-order valence-corrected chi connectivity index (χ0v) is 12.3. The van der Waals surface area contributed by atoms with Crippen molar-refractivity contribution >= 4 is 0 Å². The van der Waals surface area contributed by atoms with Gasteiger partial charge in [0.05, 0.1) is 25.4 Å². The highest BCUT2D eigenvalue weighted by Gasteiger charge is 2.23. The highest BCUT2D eigenvalue weighted by molar-refractivity contribution is 5.19. The molecule has 1 aliphatic rings. The number of benzene rings is 1. The quantitative estimate of drug-likeness (QED) is 0.908. The molecule has 118 valence electrons. The lowest BCUT2D eigenvalue weighted by molar-refractivity contribution is -0.0437. The molecule has 0 bridgehead atoms. The van der Waals surface area contributed by atoms with Crippen LogP contribution in [0.2, 0.25) is 0 Å². The Morgan fingerprint density at radius 1 is 1.32 bits per heavy atom. The fourth-order valence-corrected chi connectivity index (χ4v) is 2.73. The predicted octanol–water partition coefficient (Wildman–Crippen LogP) is 1.46. The predicted molar refractivity (Wildman–Crippen MR) is 79.8 cm³/mol. The third-order valence-electron chi connectivity index (χ3n) is 3.82. The Kier molecular flexibility index (Phi) is 4.82. The third-order valence-corrected chi connectivity index (χ3v) is 3.82. The van der Waals surface area contributed by atoms with E-state index in [0.29, 0.717) is 26.2 Å². The van der Waals surface area contributed by atoms with Crippen molar-refractivity contribution in [3.63, 3.8) is 0 Å². The minimum atomic E-state index is -0.480. The smallest absolute Gasteiger partial charge is 0.123 e. The van der Waals surface area contributed by atoms with Crippen LogP contribution in [0.4, 0.5) is 4.39 Å². The van der Waals surface area contributed by atoms with Gasteiger partial charge in [0.25, 0.3) is 0 Å². The number of β-amino-alcohol motifs (C(OH)–C–C–N with tert-alkyl or cyclic N) is 1. The van der Waals surface area contributed by atoms with Gasteiger partial charge in [0.15, 0.2) is 0 Å². The molecular weight excluding hydrogens is 285 g/mol. The van der Waals surface area contributed by atoms with Gasteiger partial charge in [-0.25, -0.2) is 4.39 Å². The van der Waals surface area contributed by atoms with Crippen molar-refractivity contribution in [1.82, 2.24) is 14.7 Å². The molecule has 0 amide bonds. The van der Waals surface area contributed by atoms with E-state index in [4.69, 9.17) is 4.74 Å². The Balaban J connectivity index is 1.55. The summed E-state index contributed by atoms with van der Waals surface area (Å²) in [6.45, 7) is 3.14. The van der Waals surface area contributed by atoms with Crippen molar-refractivity contribution in [3.8, 4) is 0 Å². The van der Waals surface area contributed by atoms with Crippen LogP contribution in [0.25, 0.3) is 0 Å². The Morgan fingerprint density at radius 2 is 2.14 bits per heavy atom. The number of hydrogen-bond acceptors (Lipinski definition) is 4. The fraction of sp³-hybridized carbons (Fsp3) is 0.438. The number of aliphatic hydroxyl groups is 1. The number of nitrogens with zero attached hydrogens (tertiary/aromatic N) is 3. The van der Waals surface area contributed by atoms with Crippen molar-refractivity contribution < 1.29 is 14.2 Å². The number of rotatable bonds is 5. The number of hydrogen-bond donors (Lipinski definition) is 1. The van der Waals surface area contributed by atoms with Gasteiger partial charge in [-0.05, 0) is 23.8 Å². The molecule has 6 heteroatoms. The second kappa shape index (κ2) is 7.00. The molecule has 1 aliphatic heterocycles. The van der Waals surface area contributed by atoms with Crippen LogP contribution in [0.3, 0.4) is 0 Å². The molecule has 1 N–H and O–H groups in total. The van der Waals surface area contributed by atoms with E-state index in [0.717, 1.165) is 12.1 Å². The molecule has 2 heterocycles. The first-order chi connectivity index (χ1) is 10.7. The lowest BCUT2D eigenvalue weighted by Gasteiger charge is -2.34. The molecule has 5 nitrogen and oxygen atoms in total. The normalized spacial score (nSPS) is 20.9. The van der Waals surface area contributed by atoms with E-state index in [1.54, 1.807) is 23.0 Å². The molecule has 2 atom stereocenters. The van der Waals surface area contributed by atoms with Crippen molar-refractivity contribution in [1.29, 1.82) is 0 Å². The summed E-state index contributed by atoms with van der Waals surface area (Å²) in [6, 6.07) is 8.24. The molecule has 1 saturated heterocycles. The summed E-state index contributed by atoms with van der Waals surface area (Å²) in [4.78, 5) is 2.17. The molecule has 1 fully saturated rings. The van der Waals surface area contributed by atoms with Gasteiger partial charge in [0, 0.05) is 32.0 Å². The van der Waals surface area contributed by atoms with Crippen molar-refractivity contribution in [2.24, 2.45) is 0 Å². The summed E-state index contributed by atoms with van der Waals surface area (Å²) in [7, 11) is 0. The number of halogens is 1. The van der Waals surface area contributed by atoms with Crippen molar-refractivity contribution in [3.05, 3.63) is 54.1 Å². The molecule has 1 aromatic heterocycles. The van der Waals surface area contributed by atoms with Crippen molar-refractivity contribution in [2.75, 3.05) is 26.2 Å². The van der Waals surface area contributed by atoms with Crippen LogP contribution in [0.1, 0.15) is 11.7 Å². The minimum Gasteiger partial charge on any atom is -0.390 e. The first-order valence-corrected chi connectivity index (χ1v) is 7.45. The Bertz CT molecular complexity index is 574. The average molecular weight is 305 g/mol. The largest absolute Gasteiger partial charge is 0.390 e. The standard InChI is InChI=1S/C16H20FN3O2/c17-14-4-2-13(3-5-14)16-12-19(8-9-22-16)10-15(21)11-20-7-1-6-18-20/h1-7,15-16,21H,8-12H2/t15-,16+/m0/s1. The van der Waals surface area contributed by atoms with Gasteiger partial charge in [-0.2, -0.15) is 5.10 Å². The van der Waals surface area contributed by atoms with Gasteiger partial charge in [0.2, 0.25) is 0 Å². The van der Waals surface area contributed by atoms with E-state index >= 15 is 0 Å². The first-order valence-electron chi connectivity index (χ1n) is 7.45. The molecule has 1 aromatic carbocycles. The van der Waals surface area contributed by atoms with Crippen LogP contribution in [0.5, 0.6) is 0 Å². The fourth-order valence-electron chi connectivity index (χ4n) is 2.73. The third kappa shape index (κ3) is 3.91. The van der Waals surface area contributed by atoms with Crippen LogP contribution in [0.15, 0.2) is 42.7 Å². The van der Waals surface area contributed by atoms with Gasteiger partial charge in [-0.1, -0.05) is 12.1 Å². The molecular formula is C16H20FN3O2. The summed E-state index contributed by atoms with van der Waals surface area (Å²) in [5, 5.41) is 14.3. The van der Waals surface area contributed by atoms with E-state index in [-0.39, 0.29) is 11.9 Å². The molecule has 2 aromatic rings. The molecule has 0 saturated carbocycles. The van der Waals surface area contributed by atoms with Crippen LogP contribution in [0, 0.1) is 5.82 Å². The van der Waals surface area contributed by atoms with Crippen LogP contribution in [-0.2, 0) is 11.3 Å². The van der Waals surface area contributed by atoms with E-state index in [9.17, 15) is 9.50 Å². The number of aromatic nitrogens is 2.